The Hall–Kier alpha value is -2.25. The molecule has 1 N–H and O–H groups in total. The van der Waals surface area contributed by atoms with Crippen LogP contribution in [0.4, 0.5) is 10.1 Å². The molecule has 27 heavy (non-hydrogen) atoms. The van der Waals surface area contributed by atoms with Crippen LogP contribution in [0.1, 0.15) is 37.3 Å². The van der Waals surface area contributed by atoms with Crippen LogP contribution < -0.4 is 5.32 Å². The number of amides is 1. The Morgan fingerprint density at radius 1 is 1.11 bits per heavy atom. The number of carbonyl (C=O) groups excluding carboxylic acids is 1. The standard InChI is InChI=1S/C20H25FN2O3S/c1-15(2)17-9-5-7-11-19(17)22-20(24)12-13-23(27(3,25)26)14-16-8-4-6-10-18(16)21/h4-11,15H,12-14H2,1-3H3,(H,22,24). The van der Waals surface area contributed by atoms with Gasteiger partial charge in [-0.15, -0.1) is 0 Å². The van der Waals surface area contributed by atoms with Crippen molar-refractivity contribution in [1.82, 2.24) is 4.31 Å². The van der Waals surface area contributed by atoms with E-state index in [9.17, 15) is 17.6 Å². The molecule has 0 aliphatic carbocycles. The van der Waals surface area contributed by atoms with E-state index in [0.717, 1.165) is 21.8 Å². The summed E-state index contributed by atoms with van der Waals surface area (Å²) >= 11 is 0. The highest BCUT2D eigenvalue weighted by Crippen LogP contribution is 2.23. The fourth-order valence-corrected chi connectivity index (χ4v) is 3.53. The van der Waals surface area contributed by atoms with Crippen LogP contribution >= 0.6 is 0 Å². The molecule has 0 bridgehead atoms. The summed E-state index contributed by atoms with van der Waals surface area (Å²) in [5.74, 6) is -0.512. The topological polar surface area (TPSA) is 66.5 Å². The van der Waals surface area contributed by atoms with Crippen LogP contribution in [0.5, 0.6) is 0 Å². The predicted octanol–water partition coefficient (Wildman–Crippen LogP) is 3.74. The second kappa shape index (κ2) is 9.10. The molecule has 0 atom stereocenters. The monoisotopic (exact) mass is 392 g/mol. The van der Waals surface area contributed by atoms with Crippen molar-refractivity contribution in [3.8, 4) is 0 Å². The molecule has 0 aliphatic heterocycles. The summed E-state index contributed by atoms with van der Waals surface area (Å²) < 4.78 is 39.0. The Balaban J connectivity index is 2.05. The minimum atomic E-state index is -3.58. The Morgan fingerprint density at radius 3 is 2.37 bits per heavy atom. The van der Waals surface area contributed by atoms with Crippen molar-refractivity contribution in [3.05, 3.63) is 65.5 Å². The maximum atomic E-state index is 13.8. The number of anilines is 1. The molecule has 0 saturated carbocycles. The minimum Gasteiger partial charge on any atom is -0.326 e. The lowest BCUT2D eigenvalue weighted by molar-refractivity contribution is -0.116. The van der Waals surface area contributed by atoms with Crippen LogP contribution in [0, 0.1) is 5.82 Å². The maximum absolute atomic E-state index is 13.8. The lowest BCUT2D eigenvalue weighted by Crippen LogP contribution is -2.33. The van der Waals surface area contributed by atoms with Crippen molar-refractivity contribution in [2.75, 3.05) is 18.1 Å². The molecule has 0 spiro atoms. The third-order valence-corrected chi connectivity index (χ3v) is 5.47. The predicted molar refractivity (Wildman–Crippen MR) is 105 cm³/mol. The normalized spacial score (nSPS) is 11.8. The number of nitrogens with zero attached hydrogens (tertiary/aromatic N) is 1. The van der Waals surface area contributed by atoms with Crippen LogP contribution in [-0.4, -0.2) is 31.4 Å². The van der Waals surface area contributed by atoms with E-state index in [1.807, 2.05) is 38.1 Å². The Bertz CT molecular complexity index is 898. The van der Waals surface area contributed by atoms with Gasteiger partial charge in [-0.05, 0) is 23.6 Å². The summed E-state index contributed by atoms with van der Waals surface area (Å²) in [4.78, 5) is 12.3. The van der Waals surface area contributed by atoms with Crippen molar-refractivity contribution in [2.24, 2.45) is 0 Å². The smallest absolute Gasteiger partial charge is 0.225 e. The average molecular weight is 392 g/mol. The number of rotatable bonds is 8. The first-order valence-electron chi connectivity index (χ1n) is 8.75. The lowest BCUT2D eigenvalue weighted by atomic mass is 10.0. The molecule has 0 aliphatic rings. The van der Waals surface area contributed by atoms with Gasteiger partial charge in [-0.2, -0.15) is 4.31 Å². The fourth-order valence-electron chi connectivity index (χ4n) is 2.73. The van der Waals surface area contributed by atoms with Crippen molar-refractivity contribution in [3.63, 3.8) is 0 Å². The highest BCUT2D eigenvalue weighted by atomic mass is 32.2. The number of para-hydroxylation sites is 1. The first-order chi connectivity index (χ1) is 12.7. The summed E-state index contributed by atoms with van der Waals surface area (Å²) in [6.07, 6.45) is 1.04. The zero-order chi connectivity index (χ0) is 20.0. The SMILES string of the molecule is CC(C)c1ccccc1NC(=O)CCN(Cc1ccccc1F)S(C)(=O)=O. The average Bonchev–Trinajstić information content (AvgIpc) is 2.59. The quantitative estimate of drug-likeness (QED) is 0.744. The first-order valence-corrected chi connectivity index (χ1v) is 10.6. The highest BCUT2D eigenvalue weighted by Gasteiger charge is 2.20. The van der Waals surface area contributed by atoms with Gasteiger partial charge in [0.05, 0.1) is 6.26 Å². The third kappa shape index (κ3) is 6.15. The van der Waals surface area contributed by atoms with Crippen molar-refractivity contribution in [2.45, 2.75) is 32.7 Å². The van der Waals surface area contributed by atoms with E-state index in [0.29, 0.717) is 0 Å². The molecule has 146 valence electrons. The molecule has 7 heteroatoms. The molecule has 1 amide bonds. The summed E-state index contributed by atoms with van der Waals surface area (Å²) in [5, 5.41) is 2.84. The van der Waals surface area contributed by atoms with E-state index in [-0.39, 0.29) is 36.9 Å². The van der Waals surface area contributed by atoms with E-state index >= 15 is 0 Å². The molecule has 5 nitrogen and oxygen atoms in total. The first kappa shape index (κ1) is 21.1. The number of halogens is 1. The Labute approximate surface area is 160 Å². The zero-order valence-electron chi connectivity index (χ0n) is 15.8. The largest absolute Gasteiger partial charge is 0.326 e. The number of benzene rings is 2. The van der Waals surface area contributed by atoms with Crippen molar-refractivity contribution < 1.29 is 17.6 Å². The summed E-state index contributed by atoms with van der Waals surface area (Å²) in [7, 11) is -3.58. The summed E-state index contributed by atoms with van der Waals surface area (Å²) in [5.41, 5.74) is 2.00. The molecule has 0 aromatic heterocycles. The maximum Gasteiger partial charge on any atom is 0.225 e. The molecule has 2 rings (SSSR count). The van der Waals surface area contributed by atoms with Gasteiger partial charge in [0.15, 0.2) is 0 Å². The highest BCUT2D eigenvalue weighted by molar-refractivity contribution is 7.88. The second-order valence-electron chi connectivity index (χ2n) is 6.73. The van der Waals surface area contributed by atoms with Gasteiger partial charge >= 0.3 is 0 Å². The minimum absolute atomic E-state index is 0.0199. The number of hydrogen-bond acceptors (Lipinski definition) is 3. The van der Waals surface area contributed by atoms with Gasteiger partial charge in [-0.25, -0.2) is 12.8 Å². The van der Waals surface area contributed by atoms with Crippen LogP contribution in [0.25, 0.3) is 0 Å². The summed E-state index contributed by atoms with van der Waals surface area (Å²) in [6, 6.07) is 13.5. The molecule has 0 heterocycles. The van der Waals surface area contributed by atoms with Gasteiger partial charge in [-0.3, -0.25) is 4.79 Å². The van der Waals surface area contributed by atoms with Gasteiger partial charge in [0, 0.05) is 30.8 Å². The molecule has 0 radical (unpaired) electrons. The van der Waals surface area contributed by atoms with Gasteiger partial charge in [-0.1, -0.05) is 50.2 Å². The number of carbonyl (C=O) groups is 1. The second-order valence-corrected chi connectivity index (χ2v) is 8.71. The van der Waals surface area contributed by atoms with Crippen molar-refractivity contribution in [1.29, 1.82) is 0 Å². The van der Waals surface area contributed by atoms with Gasteiger partial charge in [0.25, 0.3) is 0 Å². The van der Waals surface area contributed by atoms with Crippen molar-refractivity contribution >= 4 is 21.6 Å². The van der Waals surface area contributed by atoms with E-state index < -0.39 is 15.8 Å². The molecule has 0 fully saturated rings. The molecule has 2 aromatic rings. The van der Waals surface area contributed by atoms with E-state index in [4.69, 9.17) is 0 Å². The zero-order valence-corrected chi connectivity index (χ0v) is 16.6. The molecular weight excluding hydrogens is 367 g/mol. The number of nitrogens with one attached hydrogen (secondary N) is 1. The lowest BCUT2D eigenvalue weighted by Gasteiger charge is -2.20. The molecular formula is C20H25FN2O3S. The number of hydrogen-bond donors (Lipinski definition) is 1. The van der Waals surface area contributed by atoms with Gasteiger partial charge < -0.3 is 5.32 Å². The number of sulfonamides is 1. The Kier molecular flexibility index (Phi) is 7.10. The summed E-state index contributed by atoms with van der Waals surface area (Å²) in [6.45, 7) is 3.93. The van der Waals surface area contributed by atoms with Crippen LogP contribution in [0.15, 0.2) is 48.5 Å². The fraction of sp³-hybridized carbons (Fsp3) is 0.350. The molecule has 0 unspecified atom stereocenters. The van der Waals surface area contributed by atoms with Gasteiger partial charge in [0.1, 0.15) is 5.82 Å². The Morgan fingerprint density at radius 2 is 1.74 bits per heavy atom. The van der Waals surface area contributed by atoms with E-state index in [1.54, 1.807) is 12.1 Å². The van der Waals surface area contributed by atoms with Crippen LogP contribution in [0.2, 0.25) is 0 Å². The third-order valence-electron chi connectivity index (χ3n) is 4.22. The van der Waals surface area contributed by atoms with Crippen LogP contribution in [-0.2, 0) is 21.4 Å². The molecule has 2 aromatic carbocycles. The van der Waals surface area contributed by atoms with Gasteiger partial charge in [0.2, 0.25) is 15.9 Å². The molecule has 0 saturated heterocycles. The van der Waals surface area contributed by atoms with E-state index in [1.165, 1.54) is 12.1 Å². The van der Waals surface area contributed by atoms with E-state index in [2.05, 4.69) is 5.32 Å². The van der Waals surface area contributed by atoms with Crippen LogP contribution in [0.3, 0.4) is 0 Å².